The second-order valence-electron chi connectivity index (χ2n) is 4.38. The molecule has 22 heavy (non-hydrogen) atoms. The van der Waals surface area contributed by atoms with Gasteiger partial charge in [-0.25, -0.2) is 4.79 Å². The number of hydrogen-bond acceptors (Lipinski definition) is 2. The molecule has 124 valence electrons. The molecule has 0 fully saturated rings. The lowest BCUT2D eigenvalue weighted by atomic mass is 9.76. The van der Waals surface area contributed by atoms with Crippen LogP contribution in [0.2, 0.25) is 0 Å². The second kappa shape index (κ2) is 6.03. The van der Waals surface area contributed by atoms with Gasteiger partial charge in [0.15, 0.2) is 5.41 Å². The third kappa shape index (κ3) is 3.26. The first kappa shape index (κ1) is 18.1. The average Bonchev–Trinajstić information content (AvgIpc) is 2.33. The number of rotatable bonds is 4. The van der Waals surface area contributed by atoms with Gasteiger partial charge in [-0.3, -0.25) is 5.32 Å². The van der Waals surface area contributed by atoms with Gasteiger partial charge in [-0.2, -0.15) is 26.3 Å². The summed E-state index contributed by atoms with van der Waals surface area (Å²) in [7, 11) is 0. The summed E-state index contributed by atoms with van der Waals surface area (Å²) in [6.07, 6.45) is -14.5. The van der Waals surface area contributed by atoms with Crippen LogP contribution in [-0.4, -0.2) is 35.3 Å². The number of halogens is 6. The molecule has 10 heteroatoms. The monoisotopic (exact) mass is 331 g/mol. The predicted octanol–water partition coefficient (Wildman–Crippen LogP) is 3.52. The number of carboxylic acid groups (broad SMARTS) is 1. The molecule has 0 heterocycles. The number of amides is 1. The van der Waals surface area contributed by atoms with Gasteiger partial charge in [0, 0.05) is 12.3 Å². The van der Waals surface area contributed by atoms with Crippen LogP contribution < -0.4 is 5.32 Å². The molecule has 4 nitrogen and oxygen atoms in total. The molecule has 0 aromatic heterocycles. The maximum Gasteiger partial charge on any atom is 0.409 e. The fourth-order valence-corrected chi connectivity index (χ4v) is 2.05. The summed E-state index contributed by atoms with van der Waals surface area (Å²) >= 11 is 0. The highest BCUT2D eigenvalue weighted by Gasteiger charge is 2.70. The molecule has 0 saturated heterocycles. The summed E-state index contributed by atoms with van der Waals surface area (Å²) in [5.74, 6) is 0. The summed E-state index contributed by atoms with van der Waals surface area (Å²) in [5, 5.41) is 18.9. The number of aliphatic hydroxyl groups excluding tert-OH is 1. The first-order valence-electron chi connectivity index (χ1n) is 5.80. The number of hydrogen-bond donors (Lipinski definition) is 3. The highest BCUT2D eigenvalue weighted by atomic mass is 19.4. The van der Waals surface area contributed by atoms with Crippen LogP contribution in [-0.2, 0) is 5.41 Å². The maximum atomic E-state index is 13.1. The molecule has 3 N–H and O–H groups in total. The lowest BCUT2D eigenvalue weighted by molar-refractivity contribution is -0.306. The average molecular weight is 331 g/mol. The lowest BCUT2D eigenvalue weighted by Gasteiger charge is -2.37. The van der Waals surface area contributed by atoms with Crippen molar-refractivity contribution >= 4 is 11.8 Å². The van der Waals surface area contributed by atoms with Crippen molar-refractivity contribution in [2.75, 3.05) is 11.9 Å². The van der Waals surface area contributed by atoms with Crippen LogP contribution in [0.1, 0.15) is 12.0 Å². The van der Waals surface area contributed by atoms with Crippen LogP contribution in [0.4, 0.5) is 36.8 Å². The van der Waals surface area contributed by atoms with Gasteiger partial charge in [0.1, 0.15) is 0 Å². The molecule has 0 unspecified atom stereocenters. The van der Waals surface area contributed by atoms with E-state index in [1.807, 2.05) is 0 Å². The molecule has 0 aliphatic carbocycles. The van der Waals surface area contributed by atoms with Crippen molar-refractivity contribution in [3.63, 3.8) is 0 Å². The zero-order chi connectivity index (χ0) is 17.2. The van der Waals surface area contributed by atoms with Gasteiger partial charge in [0.25, 0.3) is 0 Å². The van der Waals surface area contributed by atoms with Gasteiger partial charge in [-0.1, -0.05) is 12.1 Å². The van der Waals surface area contributed by atoms with Crippen molar-refractivity contribution in [3.05, 3.63) is 29.8 Å². The van der Waals surface area contributed by atoms with Crippen molar-refractivity contribution in [3.8, 4) is 0 Å². The normalized spacial score (nSPS) is 13.0. The molecule has 0 aliphatic heterocycles. The van der Waals surface area contributed by atoms with E-state index in [1.165, 1.54) is 0 Å². The Kier molecular flexibility index (Phi) is 4.96. The molecule has 0 aliphatic rings. The SMILES string of the molecule is O=C(O)Nc1ccc(C(CCO)(C(F)(F)F)C(F)(F)F)cc1. The minimum Gasteiger partial charge on any atom is -0.465 e. The van der Waals surface area contributed by atoms with Crippen LogP contribution >= 0.6 is 0 Å². The minimum atomic E-state index is -5.68. The van der Waals surface area contributed by atoms with E-state index in [1.54, 1.807) is 5.32 Å². The number of aliphatic hydroxyl groups is 1. The van der Waals surface area contributed by atoms with E-state index in [9.17, 15) is 31.1 Å². The molecule has 1 rings (SSSR count). The summed E-state index contributed by atoms with van der Waals surface area (Å²) < 4.78 is 78.7. The number of anilines is 1. The molecule has 1 amide bonds. The topological polar surface area (TPSA) is 69.6 Å². The van der Waals surface area contributed by atoms with Crippen LogP contribution in [0.25, 0.3) is 0 Å². The van der Waals surface area contributed by atoms with Gasteiger partial charge >= 0.3 is 18.4 Å². The molecule has 0 atom stereocenters. The number of alkyl halides is 6. The Morgan fingerprint density at radius 2 is 1.45 bits per heavy atom. The third-order valence-corrected chi connectivity index (χ3v) is 3.08. The van der Waals surface area contributed by atoms with E-state index in [-0.39, 0.29) is 5.69 Å². The second-order valence-corrected chi connectivity index (χ2v) is 4.38. The molecular formula is C12H11F6NO3. The van der Waals surface area contributed by atoms with Gasteiger partial charge in [0.05, 0.1) is 0 Å². The van der Waals surface area contributed by atoms with E-state index in [4.69, 9.17) is 10.2 Å². The van der Waals surface area contributed by atoms with Gasteiger partial charge in [-0.15, -0.1) is 0 Å². The Morgan fingerprint density at radius 1 is 1.00 bits per heavy atom. The first-order valence-corrected chi connectivity index (χ1v) is 5.80. The van der Waals surface area contributed by atoms with Crippen molar-refractivity contribution in [1.29, 1.82) is 0 Å². The maximum absolute atomic E-state index is 13.1. The summed E-state index contributed by atoms with van der Waals surface area (Å²) in [5.41, 5.74) is -5.53. The highest BCUT2D eigenvalue weighted by Crippen LogP contribution is 2.54. The molecule has 0 spiro atoms. The fourth-order valence-electron chi connectivity index (χ4n) is 2.05. The van der Waals surface area contributed by atoms with Gasteiger partial charge < -0.3 is 10.2 Å². The van der Waals surface area contributed by atoms with Crippen molar-refractivity contribution < 1.29 is 41.4 Å². The lowest BCUT2D eigenvalue weighted by Crippen LogP contribution is -2.54. The third-order valence-electron chi connectivity index (χ3n) is 3.08. The predicted molar refractivity (Wildman–Crippen MR) is 63.6 cm³/mol. The van der Waals surface area contributed by atoms with E-state index < -0.39 is 42.5 Å². The highest BCUT2D eigenvalue weighted by molar-refractivity contribution is 5.82. The molecule has 1 aromatic carbocycles. The van der Waals surface area contributed by atoms with Crippen molar-refractivity contribution in [1.82, 2.24) is 0 Å². The Morgan fingerprint density at radius 3 is 1.77 bits per heavy atom. The molecule has 0 radical (unpaired) electrons. The summed E-state index contributed by atoms with van der Waals surface area (Å²) in [4.78, 5) is 10.4. The molecular weight excluding hydrogens is 320 g/mol. The number of benzene rings is 1. The Bertz CT molecular complexity index is 509. The zero-order valence-electron chi connectivity index (χ0n) is 10.8. The van der Waals surface area contributed by atoms with E-state index in [2.05, 4.69) is 0 Å². The summed E-state index contributed by atoms with van der Waals surface area (Å²) in [6, 6.07) is 2.63. The quantitative estimate of drug-likeness (QED) is 0.740. The molecule has 0 saturated carbocycles. The number of nitrogens with one attached hydrogen (secondary N) is 1. The van der Waals surface area contributed by atoms with Crippen molar-refractivity contribution in [2.24, 2.45) is 0 Å². The van der Waals surface area contributed by atoms with E-state index in [0.717, 1.165) is 12.1 Å². The van der Waals surface area contributed by atoms with Crippen LogP contribution in [0.5, 0.6) is 0 Å². The van der Waals surface area contributed by atoms with E-state index in [0.29, 0.717) is 12.1 Å². The van der Waals surface area contributed by atoms with E-state index >= 15 is 0 Å². The van der Waals surface area contributed by atoms with Crippen LogP contribution in [0.15, 0.2) is 24.3 Å². The van der Waals surface area contributed by atoms with Crippen molar-refractivity contribution in [2.45, 2.75) is 24.2 Å². The number of carbonyl (C=O) groups is 1. The Labute approximate surface area is 120 Å². The van der Waals surface area contributed by atoms with Crippen LogP contribution in [0.3, 0.4) is 0 Å². The van der Waals surface area contributed by atoms with Gasteiger partial charge in [-0.05, 0) is 24.1 Å². The first-order chi connectivity index (χ1) is 9.95. The summed E-state index contributed by atoms with van der Waals surface area (Å²) in [6.45, 7) is -1.33. The molecule has 0 bridgehead atoms. The smallest absolute Gasteiger partial charge is 0.409 e. The standard InChI is InChI=1S/C12H11F6NO3/c13-11(14,15)10(5-6-20,12(16,17)18)7-1-3-8(4-2-7)19-9(21)22/h1-4,19-20H,5-6H2,(H,21,22). The Hall–Kier alpha value is -1.97. The zero-order valence-corrected chi connectivity index (χ0v) is 10.8. The minimum absolute atomic E-state index is 0.182. The van der Waals surface area contributed by atoms with Crippen LogP contribution in [0, 0.1) is 0 Å². The molecule has 1 aromatic rings. The van der Waals surface area contributed by atoms with Gasteiger partial charge in [0.2, 0.25) is 0 Å². The largest absolute Gasteiger partial charge is 0.465 e. The Balaban J connectivity index is 3.42. The fraction of sp³-hybridized carbons (Fsp3) is 0.417.